The normalized spacial score (nSPS) is 31.8. The summed E-state index contributed by atoms with van der Waals surface area (Å²) in [6, 6.07) is 0. The Morgan fingerprint density at radius 1 is 1.44 bits per heavy atom. The van der Waals surface area contributed by atoms with E-state index < -0.39 is 0 Å². The third-order valence-electron chi connectivity index (χ3n) is 2.07. The van der Waals surface area contributed by atoms with E-state index in [-0.39, 0.29) is 12.4 Å². The molecule has 0 aliphatic heterocycles. The first-order valence-corrected chi connectivity index (χ1v) is 4.25. The van der Waals surface area contributed by atoms with Gasteiger partial charge in [-0.25, -0.2) is 0 Å². The predicted octanol–water partition coefficient (Wildman–Crippen LogP) is -0.842. The van der Waals surface area contributed by atoms with Crippen LogP contribution in [0.2, 0.25) is 4.05 Å². The molecule has 0 aromatic carbocycles. The third-order valence-corrected chi connectivity index (χ3v) is 2.77. The van der Waals surface area contributed by atoms with Gasteiger partial charge >= 0.3 is 64.3 Å². The Balaban J connectivity index is 0.000000640. The van der Waals surface area contributed by atoms with E-state index in [1.807, 2.05) is 0 Å². The first-order valence-electron chi connectivity index (χ1n) is 3.43. The van der Waals surface area contributed by atoms with Crippen molar-refractivity contribution < 1.29 is 12.4 Å². The van der Waals surface area contributed by atoms with Gasteiger partial charge in [0.05, 0.1) is 0 Å². The van der Waals surface area contributed by atoms with Crippen molar-refractivity contribution in [2.75, 3.05) is 0 Å². The molecule has 0 aromatic heterocycles. The predicted molar refractivity (Wildman–Crippen MR) is 37.1 cm³/mol. The average molecular weight is 157 g/mol. The number of hydrogen-bond donors (Lipinski definition) is 0. The molecule has 1 rings (SSSR count). The van der Waals surface area contributed by atoms with Gasteiger partial charge in [0.25, 0.3) is 0 Å². The van der Waals surface area contributed by atoms with Gasteiger partial charge in [-0.2, -0.15) is 0 Å². The zero-order valence-corrected chi connectivity index (χ0v) is 8.45. The fourth-order valence-electron chi connectivity index (χ4n) is 1.58. The van der Waals surface area contributed by atoms with E-state index >= 15 is 0 Å². The van der Waals surface area contributed by atoms with Crippen molar-refractivity contribution in [3.05, 3.63) is 0 Å². The zero-order chi connectivity index (χ0) is 6.20. The minimum Gasteiger partial charge on any atom is -1.00 e. The maximum absolute atomic E-state index is 2.38. The molecule has 1 aliphatic rings. The Hall–Kier alpha value is 1.06. The third kappa shape index (κ3) is 3.10. The van der Waals surface area contributed by atoms with Crippen molar-refractivity contribution in [3.63, 3.8) is 0 Å². The topological polar surface area (TPSA) is 0 Å². The van der Waals surface area contributed by atoms with Gasteiger partial charge in [0, 0.05) is 0 Å². The standard InChI is InChI=1S/C7H13.ClH.Mg/c1-7(2)5-3-4-6-7;;/h3H,4-6H2,1-2H3;1H;/q;;+1/p-1. The summed E-state index contributed by atoms with van der Waals surface area (Å²) < 4.78 is 1.02. The molecular weight excluding hydrogens is 144 g/mol. The van der Waals surface area contributed by atoms with Crippen LogP contribution >= 0.6 is 0 Å². The van der Waals surface area contributed by atoms with Crippen LogP contribution < -0.4 is 12.4 Å². The summed E-state index contributed by atoms with van der Waals surface area (Å²) in [5, 5.41) is 0. The molecule has 0 bridgehead atoms. The minimum atomic E-state index is 0. The molecule has 1 unspecified atom stereocenters. The fraction of sp³-hybridized carbons (Fsp3) is 1.00. The smallest absolute Gasteiger partial charge is 1.00 e. The molecular formula is C7H13ClMg. The van der Waals surface area contributed by atoms with Crippen molar-refractivity contribution in [1.29, 1.82) is 0 Å². The van der Waals surface area contributed by atoms with E-state index in [9.17, 15) is 0 Å². The molecule has 0 spiro atoms. The van der Waals surface area contributed by atoms with Crippen LogP contribution in [0.1, 0.15) is 33.1 Å². The minimum absolute atomic E-state index is 0. The summed E-state index contributed by atoms with van der Waals surface area (Å²) >= 11 is 2.17. The van der Waals surface area contributed by atoms with Crippen LogP contribution in [-0.2, 0) is 0 Å². The molecule has 2 heteroatoms. The monoisotopic (exact) mass is 156 g/mol. The Kier molecular flexibility index (Phi) is 3.85. The zero-order valence-electron chi connectivity index (χ0n) is 6.28. The largest absolute Gasteiger partial charge is 1.00 e. The first kappa shape index (κ1) is 10.1. The first-order chi connectivity index (χ1) is 3.60. The maximum atomic E-state index is 2.38. The Morgan fingerprint density at radius 2 is 2.00 bits per heavy atom. The second-order valence-corrected chi connectivity index (χ2v) is 4.93. The van der Waals surface area contributed by atoms with Gasteiger partial charge in [0.1, 0.15) is 0 Å². The van der Waals surface area contributed by atoms with Gasteiger partial charge in [-0.3, -0.25) is 0 Å². The van der Waals surface area contributed by atoms with Gasteiger partial charge in [-0.15, -0.1) is 0 Å². The van der Waals surface area contributed by atoms with Gasteiger partial charge in [-0.1, -0.05) is 0 Å². The van der Waals surface area contributed by atoms with E-state index in [0.717, 1.165) is 4.05 Å². The molecule has 0 heterocycles. The maximum Gasteiger partial charge on any atom is -1.00 e. The van der Waals surface area contributed by atoms with Gasteiger partial charge in [-0.05, 0) is 0 Å². The molecule has 0 N–H and O–H groups in total. The second kappa shape index (κ2) is 3.45. The van der Waals surface area contributed by atoms with E-state index in [4.69, 9.17) is 0 Å². The van der Waals surface area contributed by atoms with Crippen LogP contribution in [0.25, 0.3) is 0 Å². The Bertz CT molecular complexity index is 90.9. The molecule has 1 saturated carbocycles. The molecule has 0 amide bonds. The summed E-state index contributed by atoms with van der Waals surface area (Å²) in [5.74, 6) is 0. The van der Waals surface area contributed by atoms with E-state index in [2.05, 4.69) is 35.6 Å². The van der Waals surface area contributed by atoms with Crippen molar-refractivity contribution in [1.82, 2.24) is 0 Å². The van der Waals surface area contributed by atoms with E-state index in [1.54, 1.807) is 0 Å². The summed E-state index contributed by atoms with van der Waals surface area (Å²) in [6.07, 6.45) is 4.36. The quantitative estimate of drug-likeness (QED) is 0.402. The number of hydrogen-bond acceptors (Lipinski definition) is 0. The van der Waals surface area contributed by atoms with Crippen LogP contribution in [0.4, 0.5) is 0 Å². The number of rotatable bonds is 0. The summed E-state index contributed by atoms with van der Waals surface area (Å²) in [6.45, 7) is 4.75. The Morgan fingerprint density at radius 3 is 2.11 bits per heavy atom. The molecule has 1 aliphatic carbocycles. The second-order valence-electron chi connectivity index (χ2n) is 3.77. The van der Waals surface area contributed by atoms with Gasteiger partial charge in [0.2, 0.25) is 0 Å². The average Bonchev–Trinajstić information content (AvgIpc) is 1.82. The summed E-state index contributed by atoms with van der Waals surface area (Å²) in [4.78, 5) is 0. The summed E-state index contributed by atoms with van der Waals surface area (Å²) in [7, 11) is 0. The van der Waals surface area contributed by atoms with Crippen LogP contribution in [0, 0.1) is 5.41 Å². The van der Waals surface area contributed by atoms with Crippen molar-refractivity contribution in [2.24, 2.45) is 5.41 Å². The molecule has 0 aromatic rings. The van der Waals surface area contributed by atoms with Crippen LogP contribution in [0.3, 0.4) is 0 Å². The Labute approximate surface area is 76.6 Å². The molecule has 9 heavy (non-hydrogen) atoms. The van der Waals surface area contributed by atoms with Crippen molar-refractivity contribution >= 4 is 21.7 Å². The van der Waals surface area contributed by atoms with Gasteiger partial charge in [0.15, 0.2) is 0 Å². The van der Waals surface area contributed by atoms with Gasteiger partial charge < -0.3 is 12.4 Å². The fourth-order valence-corrected chi connectivity index (χ4v) is 2.57. The van der Waals surface area contributed by atoms with E-state index in [1.165, 1.54) is 19.3 Å². The molecule has 1 fully saturated rings. The van der Waals surface area contributed by atoms with Crippen LogP contribution in [-0.4, -0.2) is 21.7 Å². The van der Waals surface area contributed by atoms with Crippen LogP contribution in [0.15, 0.2) is 0 Å². The van der Waals surface area contributed by atoms with Crippen molar-refractivity contribution in [2.45, 2.75) is 37.2 Å². The van der Waals surface area contributed by atoms with Crippen molar-refractivity contribution in [3.8, 4) is 0 Å². The summed E-state index contributed by atoms with van der Waals surface area (Å²) in [5.41, 5.74) is 0.673. The molecule has 0 saturated heterocycles. The number of halogens is 1. The van der Waals surface area contributed by atoms with E-state index in [0.29, 0.717) is 5.41 Å². The SMILES string of the molecule is CC1(C)CC[CH]([Mg+])C1.[Cl-]. The molecule has 0 radical (unpaired) electrons. The van der Waals surface area contributed by atoms with Crippen LogP contribution in [0.5, 0.6) is 0 Å². The molecule has 0 nitrogen and oxygen atoms in total. The molecule has 1 atom stereocenters. The molecule has 50 valence electrons.